The first kappa shape index (κ1) is 20.3. The van der Waals surface area contributed by atoms with Crippen molar-refractivity contribution in [3.05, 3.63) is 24.2 Å². The van der Waals surface area contributed by atoms with E-state index >= 15 is 0 Å². The first-order chi connectivity index (χ1) is 12.4. The van der Waals surface area contributed by atoms with Crippen LogP contribution in [0.4, 0.5) is 4.79 Å². The van der Waals surface area contributed by atoms with Gasteiger partial charge in [-0.15, -0.1) is 0 Å². The Labute approximate surface area is 155 Å². The highest BCUT2D eigenvalue weighted by Crippen LogP contribution is 2.16. The van der Waals surface area contributed by atoms with Gasteiger partial charge in [-0.1, -0.05) is 13.8 Å². The molecule has 1 aromatic heterocycles. The molecular weight excluding hydrogens is 334 g/mol. The average molecular weight is 365 g/mol. The zero-order valence-corrected chi connectivity index (χ0v) is 16.3. The van der Waals surface area contributed by atoms with Gasteiger partial charge in [-0.25, -0.2) is 4.79 Å². The Kier molecular flexibility index (Phi) is 7.50. The van der Waals surface area contributed by atoms with E-state index in [0.29, 0.717) is 19.6 Å². The smallest absolute Gasteiger partial charge is 0.319 e. The molecule has 2 heterocycles. The number of amides is 3. The van der Waals surface area contributed by atoms with Crippen molar-refractivity contribution in [3.8, 4) is 0 Å². The molecule has 1 atom stereocenters. The monoisotopic (exact) mass is 365 g/mol. The van der Waals surface area contributed by atoms with E-state index in [-0.39, 0.29) is 30.5 Å². The molecule has 1 aliphatic heterocycles. The third-order valence-electron chi connectivity index (χ3n) is 4.29. The van der Waals surface area contributed by atoms with E-state index in [1.54, 1.807) is 30.2 Å². The average Bonchev–Trinajstić information content (AvgIpc) is 3.26. The van der Waals surface area contributed by atoms with Crippen LogP contribution < -0.4 is 0 Å². The van der Waals surface area contributed by atoms with Crippen molar-refractivity contribution >= 4 is 11.9 Å². The summed E-state index contributed by atoms with van der Waals surface area (Å²) in [5.74, 6) is 0.918. The second-order valence-electron chi connectivity index (χ2n) is 7.44. The van der Waals surface area contributed by atoms with Crippen LogP contribution in [0.2, 0.25) is 0 Å². The van der Waals surface area contributed by atoms with Crippen LogP contribution in [0.25, 0.3) is 0 Å². The van der Waals surface area contributed by atoms with Crippen molar-refractivity contribution in [2.45, 2.75) is 39.3 Å². The fourth-order valence-electron chi connectivity index (χ4n) is 3.08. The lowest BCUT2D eigenvalue weighted by molar-refractivity contribution is -0.134. The molecular formula is C19H31N3O4. The maximum atomic E-state index is 13.0. The highest BCUT2D eigenvalue weighted by molar-refractivity contribution is 5.84. The van der Waals surface area contributed by atoms with Crippen LogP contribution >= 0.6 is 0 Å². The Morgan fingerprint density at radius 2 is 2.04 bits per heavy atom. The van der Waals surface area contributed by atoms with Crippen LogP contribution in [0.5, 0.6) is 0 Å². The molecule has 26 heavy (non-hydrogen) atoms. The highest BCUT2D eigenvalue weighted by Gasteiger charge is 2.27. The van der Waals surface area contributed by atoms with Crippen molar-refractivity contribution < 1.29 is 18.7 Å². The number of carbonyl (C=O) groups excluding carboxylic acids is 2. The van der Waals surface area contributed by atoms with Gasteiger partial charge >= 0.3 is 6.03 Å². The number of rotatable bonds is 8. The fraction of sp³-hybridized carbons (Fsp3) is 0.684. The lowest BCUT2D eigenvalue weighted by Crippen LogP contribution is -2.48. The van der Waals surface area contributed by atoms with E-state index in [4.69, 9.17) is 9.15 Å². The van der Waals surface area contributed by atoms with Gasteiger partial charge in [-0.3, -0.25) is 4.79 Å². The quantitative estimate of drug-likeness (QED) is 0.710. The Morgan fingerprint density at radius 3 is 2.58 bits per heavy atom. The minimum Gasteiger partial charge on any atom is -0.467 e. The Bertz CT molecular complexity index is 565. The molecule has 1 aliphatic rings. The molecule has 1 fully saturated rings. The normalized spacial score (nSPS) is 16.7. The third-order valence-corrected chi connectivity index (χ3v) is 4.29. The maximum absolute atomic E-state index is 13.0. The summed E-state index contributed by atoms with van der Waals surface area (Å²) in [6.45, 7) is 6.31. The van der Waals surface area contributed by atoms with Crippen LogP contribution in [-0.4, -0.2) is 73.1 Å². The number of hydrogen-bond acceptors (Lipinski definition) is 4. The van der Waals surface area contributed by atoms with E-state index < -0.39 is 0 Å². The lowest BCUT2D eigenvalue weighted by atomic mass is 10.2. The molecule has 7 heteroatoms. The molecule has 2 rings (SSSR count). The van der Waals surface area contributed by atoms with Crippen LogP contribution in [0, 0.1) is 5.92 Å². The minimum absolute atomic E-state index is 0.0528. The number of nitrogens with zero attached hydrogens (tertiary/aromatic N) is 3. The van der Waals surface area contributed by atoms with Gasteiger partial charge in [0.05, 0.1) is 18.9 Å². The van der Waals surface area contributed by atoms with Crippen molar-refractivity contribution in [2.75, 3.05) is 40.3 Å². The molecule has 1 aromatic rings. The molecule has 146 valence electrons. The van der Waals surface area contributed by atoms with Crippen molar-refractivity contribution in [1.29, 1.82) is 0 Å². The van der Waals surface area contributed by atoms with Gasteiger partial charge in [-0.05, 0) is 30.9 Å². The Morgan fingerprint density at radius 1 is 1.27 bits per heavy atom. The van der Waals surface area contributed by atoms with Gasteiger partial charge in [0.25, 0.3) is 0 Å². The molecule has 0 N–H and O–H groups in total. The summed E-state index contributed by atoms with van der Waals surface area (Å²) in [4.78, 5) is 30.3. The molecule has 0 spiro atoms. The van der Waals surface area contributed by atoms with Gasteiger partial charge in [-0.2, -0.15) is 0 Å². The number of ether oxygens (including phenoxy) is 1. The van der Waals surface area contributed by atoms with Crippen LogP contribution in [0.1, 0.15) is 32.4 Å². The van der Waals surface area contributed by atoms with Crippen LogP contribution in [-0.2, 0) is 16.1 Å². The fourth-order valence-corrected chi connectivity index (χ4v) is 3.08. The number of urea groups is 1. The number of carbonyl (C=O) groups is 2. The third kappa shape index (κ3) is 6.05. The molecule has 7 nitrogen and oxygen atoms in total. The van der Waals surface area contributed by atoms with Gasteiger partial charge in [0.1, 0.15) is 12.3 Å². The predicted molar refractivity (Wildman–Crippen MR) is 98.6 cm³/mol. The molecule has 0 aliphatic carbocycles. The van der Waals surface area contributed by atoms with E-state index in [1.807, 2.05) is 26.0 Å². The predicted octanol–water partition coefficient (Wildman–Crippen LogP) is 2.43. The second-order valence-corrected chi connectivity index (χ2v) is 7.44. The summed E-state index contributed by atoms with van der Waals surface area (Å²) in [5, 5.41) is 0. The molecule has 0 radical (unpaired) electrons. The summed E-state index contributed by atoms with van der Waals surface area (Å²) < 4.78 is 11.1. The maximum Gasteiger partial charge on any atom is 0.319 e. The van der Waals surface area contributed by atoms with Gasteiger partial charge in [0.15, 0.2) is 0 Å². The SMILES string of the molecule is CC(C)CN(CC(=O)N(Cc1ccco1)C[C@H]1CCCO1)C(=O)N(C)C. The molecule has 0 bridgehead atoms. The molecule has 3 amide bonds. The van der Waals surface area contributed by atoms with E-state index in [2.05, 4.69) is 0 Å². The first-order valence-electron chi connectivity index (χ1n) is 9.24. The minimum atomic E-state index is -0.151. The van der Waals surface area contributed by atoms with Crippen molar-refractivity contribution in [3.63, 3.8) is 0 Å². The zero-order valence-electron chi connectivity index (χ0n) is 16.3. The van der Waals surface area contributed by atoms with Gasteiger partial charge in [0.2, 0.25) is 5.91 Å². The number of hydrogen-bond donors (Lipinski definition) is 0. The van der Waals surface area contributed by atoms with Crippen LogP contribution in [0.15, 0.2) is 22.8 Å². The Balaban J connectivity index is 2.07. The van der Waals surface area contributed by atoms with E-state index in [1.165, 1.54) is 4.90 Å². The zero-order chi connectivity index (χ0) is 19.1. The summed E-state index contributed by atoms with van der Waals surface area (Å²) >= 11 is 0. The summed E-state index contributed by atoms with van der Waals surface area (Å²) in [7, 11) is 3.40. The van der Waals surface area contributed by atoms with Crippen molar-refractivity contribution in [1.82, 2.24) is 14.7 Å². The van der Waals surface area contributed by atoms with E-state index in [0.717, 1.165) is 25.2 Å². The Hall–Kier alpha value is -2.02. The van der Waals surface area contributed by atoms with Crippen molar-refractivity contribution in [2.24, 2.45) is 5.92 Å². The number of furan rings is 1. The summed E-state index contributed by atoms with van der Waals surface area (Å²) in [5.41, 5.74) is 0. The van der Waals surface area contributed by atoms with Gasteiger partial charge < -0.3 is 23.9 Å². The standard InChI is InChI=1S/C19H31N3O4/c1-15(2)11-22(19(24)20(3)4)14-18(23)21(12-16-7-5-9-25-16)13-17-8-6-10-26-17/h5,7,9,15,17H,6,8,10-14H2,1-4H3/t17-/m1/s1. The molecule has 1 saturated heterocycles. The largest absolute Gasteiger partial charge is 0.467 e. The summed E-state index contributed by atoms with van der Waals surface area (Å²) in [6, 6.07) is 3.51. The lowest BCUT2D eigenvalue weighted by Gasteiger charge is -2.31. The molecule has 0 aromatic carbocycles. The second kappa shape index (κ2) is 9.62. The molecule has 0 saturated carbocycles. The topological polar surface area (TPSA) is 66.2 Å². The molecule has 0 unspecified atom stereocenters. The summed E-state index contributed by atoms with van der Waals surface area (Å²) in [6.07, 6.45) is 3.63. The van der Waals surface area contributed by atoms with E-state index in [9.17, 15) is 9.59 Å². The van der Waals surface area contributed by atoms with Crippen LogP contribution in [0.3, 0.4) is 0 Å². The highest BCUT2D eigenvalue weighted by atomic mass is 16.5. The first-order valence-corrected chi connectivity index (χ1v) is 9.24. The van der Waals surface area contributed by atoms with Gasteiger partial charge in [0, 0.05) is 33.8 Å².